The second-order valence-electron chi connectivity index (χ2n) is 6.94. The van der Waals surface area contributed by atoms with E-state index in [-0.39, 0.29) is 17.9 Å². The maximum Gasteiger partial charge on any atom is 0.324 e. The molecule has 3 atom stereocenters. The summed E-state index contributed by atoms with van der Waals surface area (Å²) in [6.45, 7) is 4.98. The molecule has 0 bridgehead atoms. The number of para-hydroxylation sites is 1. The van der Waals surface area contributed by atoms with Crippen molar-refractivity contribution in [3.8, 4) is 0 Å². The SMILES string of the molecule is COC(=O)C1NNCC1CN(C)CC1CCN(c2ccccc2)C1. The molecule has 2 N–H and O–H groups in total. The zero-order chi connectivity index (χ0) is 16.9. The molecule has 0 amide bonds. The molecule has 2 fully saturated rings. The number of hydrogen-bond acceptors (Lipinski definition) is 6. The van der Waals surface area contributed by atoms with Gasteiger partial charge in [0, 0.05) is 44.3 Å². The summed E-state index contributed by atoms with van der Waals surface area (Å²) in [5.74, 6) is 0.734. The summed E-state index contributed by atoms with van der Waals surface area (Å²) in [6, 6.07) is 10.4. The van der Waals surface area contributed by atoms with Gasteiger partial charge in [0.15, 0.2) is 0 Å². The molecule has 2 saturated heterocycles. The van der Waals surface area contributed by atoms with Gasteiger partial charge in [0.25, 0.3) is 0 Å². The molecule has 2 heterocycles. The van der Waals surface area contributed by atoms with Crippen molar-refractivity contribution in [2.24, 2.45) is 11.8 Å². The van der Waals surface area contributed by atoms with Crippen molar-refractivity contribution in [3.05, 3.63) is 30.3 Å². The number of ether oxygens (including phenoxy) is 1. The van der Waals surface area contributed by atoms with E-state index in [1.807, 2.05) is 0 Å². The zero-order valence-corrected chi connectivity index (χ0v) is 14.6. The molecule has 132 valence electrons. The standard InChI is InChI=1S/C18H28N4O2/c1-21(13-15-10-19-20-17(15)18(23)24-2)11-14-8-9-22(12-14)16-6-4-3-5-7-16/h3-7,14-15,17,19-20H,8-13H2,1-2H3. The largest absolute Gasteiger partial charge is 0.468 e. The first-order valence-electron chi connectivity index (χ1n) is 8.72. The van der Waals surface area contributed by atoms with E-state index in [1.54, 1.807) is 0 Å². The lowest BCUT2D eigenvalue weighted by atomic mass is 10.0. The van der Waals surface area contributed by atoms with Gasteiger partial charge in [-0.2, -0.15) is 0 Å². The van der Waals surface area contributed by atoms with Gasteiger partial charge in [-0.05, 0) is 31.5 Å². The highest BCUT2D eigenvalue weighted by Gasteiger charge is 2.34. The summed E-state index contributed by atoms with van der Waals surface area (Å²) in [4.78, 5) is 16.6. The quantitative estimate of drug-likeness (QED) is 0.749. The van der Waals surface area contributed by atoms with E-state index in [0.717, 1.165) is 32.7 Å². The van der Waals surface area contributed by atoms with Crippen LogP contribution in [0.1, 0.15) is 6.42 Å². The summed E-state index contributed by atoms with van der Waals surface area (Å²) >= 11 is 0. The first-order chi connectivity index (χ1) is 11.7. The van der Waals surface area contributed by atoms with Crippen molar-refractivity contribution in [3.63, 3.8) is 0 Å². The number of methoxy groups -OCH3 is 1. The fourth-order valence-corrected chi connectivity index (χ4v) is 3.85. The number of esters is 1. The van der Waals surface area contributed by atoms with Crippen LogP contribution in [-0.2, 0) is 9.53 Å². The first-order valence-corrected chi connectivity index (χ1v) is 8.72. The van der Waals surface area contributed by atoms with Gasteiger partial charge in [-0.3, -0.25) is 10.2 Å². The number of hydrogen-bond donors (Lipinski definition) is 2. The van der Waals surface area contributed by atoms with Crippen LogP contribution < -0.4 is 15.8 Å². The lowest BCUT2D eigenvalue weighted by molar-refractivity contribution is -0.143. The minimum Gasteiger partial charge on any atom is -0.468 e. The molecule has 0 spiro atoms. The van der Waals surface area contributed by atoms with Crippen LogP contribution in [0.15, 0.2) is 30.3 Å². The summed E-state index contributed by atoms with van der Waals surface area (Å²) < 4.78 is 4.88. The molecule has 0 aromatic heterocycles. The zero-order valence-electron chi connectivity index (χ0n) is 14.6. The maximum atomic E-state index is 11.8. The van der Waals surface area contributed by atoms with E-state index in [9.17, 15) is 4.79 Å². The van der Waals surface area contributed by atoms with Crippen molar-refractivity contribution in [1.82, 2.24) is 15.8 Å². The van der Waals surface area contributed by atoms with E-state index in [0.29, 0.717) is 5.92 Å². The summed E-state index contributed by atoms with van der Waals surface area (Å²) in [5, 5.41) is 0. The third-order valence-electron chi connectivity index (χ3n) is 5.07. The van der Waals surface area contributed by atoms with Crippen LogP contribution in [0.2, 0.25) is 0 Å². The van der Waals surface area contributed by atoms with Crippen LogP contribution in [-0.4, -0.2) is 63.8 Å². The molecule has 0 saturated carbocycles. The predicted molar refractivity (Wildman–Crippen MR) is 94.7 cm³/mol. The lowest BCUT2D eigenvalue weighted by Crippen LogP contribution is -2.43. The highest BCUT2D eigenvalue weighted by molar-refractivity contribution is 5.76. The Bertz CT molecular complexity index is 539. The Morgan fingerprint density at radius 2 is 2.12 bits per heavy atom. The van der Waals surface area contributed by atoms with Crippen LogP contribution in [0.3, 0.4) is 0 Å². The molecule has 0 aliphatic carbocycles. The Hall–Kier alpha value is -1.63. The third-order valence-corrected chi connectivity index (χ3v) is 5.07. The van der Waals surface area contributed by atoms with Gasteiger partial charge >= 0.3 is 5.97 Å². The lowest BCUT2D eigenvalue weighted by Gasteiger charge is -2.26. The van der Waals surface area contributed by atoms with Crippen LogP contribution in [0, 0.1) is 11.8 Å². The highest BCUT2D eigenvalue weighted by atomic mass is 16.5. The van der Waals surface area contributed by atoms with Gasteiger partial charge < -0.3 is 14.5 Å². The van der Waals surface area contributed by atoms with Crippen molar-refractivity contribution >= 4 is 11.7 Å². The van der Waals surface area contributed by atoms with Gasteiger partial charge in [-0.15, -0.1) is 0 Å². The average Bonchev–Trinajstić information content (AvgIpc) is 3.24. The Labute approximate surface area is 144 Å². The molecule has 3 unspecified atom stereocenters. The van der Waals surface area contributed by atoms with Crippen LogP contribution in [0.25, 0.3) is 0 Å². The van der Waals surface area contributed by atoms with Gasteiger partial charge in [-0.1, -0.05) is 18.2 Å². The third kappa shape index (κ3) is 4.06. The number of hydrazine groups is 1. The van der Waals surface area contributed by atoms with E-state index < -0.39 is 0 Å². The molecule has 2 aliphatic heterocycles. The maximum absolute atomic E-state index is 11.8. The fourth-order valence-electron chi connectivity index (χ4n) is 3.85. The number of rotatable bonds is 6. The number of anilines is 1. The Kier molecular flexibility index (Phi) is 5.71. The summed E-state index contributed by atoms with van der Waals surface area (Å²) in [5.41, 5.74) is 7.42. The molecule has 24 heavy (non-hydrogen) atoms. The molecule has 1 aromatic carbocycles. The second-order valence-corrected chi connectivity index (χ2v) is 6.94. The highest BCUT2D eigenvalue weighted by Crippen LogP contribution is 2.24. The smallest absolute Gasteiger partial charge is 0.324 e. The van der Waals surface area contributed by atoms with Crippen LogP contribution in [0.5, 0.6) is 0 Å². The van der Waals surface area contributed by atoms with E-state index >= 15 is 0 Å². The minimum atomic E-state index is -0.248. The van der Waals surface area contributed by atoms with Crippen molar-refractivity contribution in [2.45, 2.75) is 12.5 Å². The molecule has 3 rings (SSSR count). The van der Waals surface area contributed by atoms with Gasteiger partial charge in [0.05, 0.1) is 7.11 Å². The number of benzene rings is 1. The van der Waals surface area contributed by atoms with E-state index in [1.165, 1.54) is 19.2 Å². The minimum absolute atomic E-state index is 0.186. The number of carbonyl (C=O) groups is 1. The second kappa shape index (κ2) is 7.96. The molecule has 6 nitrogen and oxygen atoms in total. The monoisotopic (exact) mass is 332 g/mol. The topological polar surface area (TPSA) is 56.8 Å². The van der Waals surface area contributed by atoms with Crippen LogP contribution in [0.4, 0.5) is 5.69 Å². The Morgan fingerprint density at radius 3 is 2.88 bits per heavy atom. The molecular weight excluding hydrogens is 304 g/mol. The molecular formula is C18H28N4O2. The number of nitrogens with zero attached hydrogens (tertiary/aromatic N) is 2. The first kappa shape index (κ1) is 17.2. The molecule has 2 aliphatic rings. The summed E-state index contributed by atoms with van der Waals surface area (Å²) in [6.07, 6.45) is 1.22. The van der Waals surface area contributed by atoms with Gasteiger partial charge in [-0.25, -0.2) is 5.43 Å². The van der Waals surface area contributed by atoms with Gasteiger partial charge in [0.2, 0.25) is 0 Å². The van der Waals surface area contributed by atoms with Crippen LogP contribution >= 0.6 is 0 Å². The van der Waals surface area contributed by atoms with E-state index in [4.69, 9.17) is 4.74 Å². The van der Waals surface area contributed by atoms with Crippen molar-refractivity contribution < 1.29 is 9.53 Å². The Morgan fingerprint density at radius 1 is 1.33 bits per heavy atom. The molecule has 1 aromatic rings. The van der Waals surface area contributed by atoms with Gasteiger partial charge in [0.1, 0.15) is 6.04 Å². The fraction of sp³-hybridized carbons (Fsp3) is 0.611. The Balaban J connectivity index is 1.47. The number of nitrogens with one attached hydrogen (secondary N) is 2. The normalized spacial score (nSPS) is 27.0. The number of carbonyl (C=O) groups excluding carboxylic acids is 1. The summed E-state index contributed by atoms with van der Waals surface area (Å²) in [7, 11) is 3.59. The van der Waals surface area contributed by atoms with Crippen molar-refractivity contribution in [1.29, 1.82) is 0 Å². The average molecular weight is 332 g/mol. The van der Waals surface area contributed by atoms with Crippen molar-refractivity contribution in [2.75, 3.05) is 51.8 Å². The molecule has 0 radical (unpaired) electrons. The predicted octanol–water partition coefficient (Wildman–Crippen LogP) is 0.710. The molecule has 6 heteroatoms. The van der Waals surface area contributed by atoms with E-state index in [2.05, 4.69) is 58.0 Å².